The van der Waals surface area contributed by atoms with Gasteiger partial charge in [-0.05, 0) is 12.8 Å². The van der Waals surface area contributed by atoms with Gasteiger partial charge in [0.2, 0.25) is 11.0 Å². The first-order valence-electron chi connectivity index (χ1n) is 6.26. The average Bonchev–Trinajstić information content (AvgIpc) is 2.80. The van der Waals surface area contributed by atoms with Crippen LogP contribution in [0.25, 0.3) is 0 Å². The number of alkyl halides is 3. The third kappa shape index (κ3) is 7.51. The van der Waals surface area contributed by atoms with Gasteiger partial charge in [0, 0.05) is 6.54 Å². The molecule has 1 aromatic heterocycles. The van der Waals surface area contributed by atoms with Crippen LogP contribution in [0.4, 0.5) is 18.3 Å². The molecule has 21 heavy (non-hydrogen) atoms. The van der Waals surface area contributed by atoms with E-state index in [1.165, 1.54) is 11.8 Å². The lowest BCUT2D eigenvalue weighted by atomic mass is 10.2. The number of halogens is 3. The highest BCUT2D eigenvalue weighted by Crippen LogP contribution is 2.29. The molecule has 120 valence electrons. The molecule has 0 fully saturated rings. The van der Waals surface area contributed by atoms with Crippen molar-refractivity contribution in [2.45, 2.75) is 36.5 Å². The van der Waals surface area contributed by atoms with Crippen molar-refractivity contribution in [1.29, 1.82) is 0 Å². The molecule has 1 aromatic rings. The first-order valence-corrected chi connectivity index (χ1v) is 7.95. The number of amides is 1. The van der Waals surface area contributed by atoms with Crippen LogP contribution in [0.1, 0.15) is 20.8 Å². The van der Waals surface area contributed by atoms with Crippen molar-refractivity contribution in [2.24, 2.45) is 5.92 Å². The summed E-state index contributed by atoms with van der Waals surface area (Å²) in [7, 11) is 0. The summed E-state index contributed by atoms with van der Waals surface area (Å²) in [5, 5.41) is 12.0. The second kappa shape index (κ2) is 7.83. The quantitative estimate of drug-likeness (QED) is 0.746. The minimum Gasteiger partial charge on any atom is -0.355 e. The normalized spacial score (nSPS) is 13.3. The number of rotatable bonds is 7. The molecule has 2 N–H and O–H groups in total. The van der Waals surface area contributed by atoms with Crippen LogP contribution < -0.4 is 10.6 Å². The highest BCUT2D eigenvalue weighted by atomic mass is 32.2. The summed E-state index contributed by atoms with van der Waals surface area (Å²) in [6, 6.07) is 0. The fourth-order valence-corrected chi connectivity index (χ4v) is 3.07. The average molecular weight is 342 g/mol. The zero-order valence-corrected chi connectivity index (χ0v) is 13.5. The van der Waals surface area contributed by atoms with E-state index in [0.717, 1.165) is 11.3 Å². The third-order valence-corrected chi connectivity index (χ3v) is 4.24. The number of carbonyl (C=O) groups is 1. The summed E-state index contributed by atoms with van der Waals surface area (Å²) in [6.45, 7) is 5.11. The number of carbonyl (C=O) groups excluding carboxylic acids is 1. The number of aromatic nitrogens is 2. The van der Waals surface area contributed by atoms with Gasteiger partial charge in [0.25, 0.3) is 0 Å². The molecule has 1 amide bonds. The molecule has 0 spiro atoms. The van der Waals surface area contributed by atoms with Crippen LogP contribution in [-0.4, -0.2) is 40.6 Å². The maximum Gasteiger partial charge on any atom is 0.405 e. The number of thioether (sulfide) groups is 1. The van der Waals surface area contributed by atoms with Crippen molar-refractivity contribution in [3.05, 3.63) is 0 Å². The standard InChI is InChI=1S/C11H17F3N4OS2/c1-6(2)4-15-8(19)7(3)20-10-18-17-9(21-10)16-5-11(12,13)14/h6-7H,4-5H2,1-3H3,(H,15,19)(H,16,17). The summed E-state index contributed by atoms with van der Waals surface area (Å²) in [5.74, 6) is 0.222. The summed E-state index contributed by atoms with van der Waals surface area (Å²) < 4.78 is 36.6. The van der Waals surface area contributed by atoms with Gasteiger partial charge in [0.05, 0.1) is 5.25 Å². The fraction of sp³-hybridized carbons (Fsp3) is 0.727. The first-order chi connectivity index (χ1) is 9.67. The van der Waals surface area contributed by atoms with Gasteiger partial charge in [-0.15, -0.1) is 10.2 Å². The van der Waals surface area contributed by atoms with Crippen molar-refractivity contribution >= 4 is 34.1 Å². The van der Waals surface area contributed by atoms with Crippen LogP contribution >= 0.6 is 23.1 Å². The molecule has 0 aliphatic carbocycles. The second-order valence-electron chi connectivity index (χ2n) is 4.74. The van der Waals surface area contributed by atoms with Crippen LogP contribution in [0.2, 0.25) is 0 Å². The van der Waals surface area contributed by atoms with E-state index in [9.17, 15) is 18.0 Å². The molecule has 0 aromatic carbocycles. The largest absolute Gasteiger partial charge is 0.405 e. The van der Waals surface area contributed by atoms with Gasteiger partial charge in [-0.1, -0.05) is 36.9 Å². The van der Waals surface area contributed by atoms with Gasteiger partial charge < -0.3 is 10.6 Å². The van der Waals surface area contributed by atoms with E-state index >= 15 is 0 Å². The SMILES string of the molecule is CC(C)CNC(=O)C(C)Sc1nnc(NCC(F)(F)F)s1. The van der Waals surface area contributed by atoms with Crippen molar-refractivity contribution < 1.29 is 18.0 Å². The Labute approximate surface area is 129 Å². The van der Waals surface area contributed by atoms with Crippen molar-refractivity contribution in [2.75, 3.05) is 18.4 Å². The zero-order chi connectivity index (χ0) is 16.0. The van der Waals surface area contributed by atoms with Crippen LogP contribution in [0.3, 0.4) is 0 Å². The third-order valence-electron chi connectivity index (χ3n) is 2.18. The molecule has 10 heteroatoms. The lowest BCUT2D eigenvalue weighted by Gasteiger charge is -2.11. The molecule has 0 bridgehead atoms. The van der Waals surface area contributed by atoms with E-state index in [2.05, 4.69) is 20.8 Å². The van der Waals surface area contributed by atoms with Gasteiger partial charge in [-0.25, -0.2) is 0 Å². The van der Waals surface area contributed by atoms with Crippen LogP contribution in [0, 0.1) is 5.92 Å². The highest BCUT2D eigenvalue weighted by Gasteiger charge is 2.27. The van der Waals surface area contributed by atoms with E-state index in [1.807, 2.05) is 13.8 Å². The number of anilines is 1. The Balaban J connectivity index is 2.44. The Morgan fingerprint density at radius 2 is 2.00 bits per heavy atom. The van der Waals surface area contributed by atoms with Crippen molar-refractivity contribution in [1.82, 2.24) is 15.5 Å². The number of nitrogens with one attached hydrogen (secondary N) is 2. The molecule has 0 aliphatic rings. The lowest BCUT2D eigenvalue weighted by Crippen LogP contribution is -2.33. The number of nitrogens with zero attached hydrogens (tertiary/aromatic N) is 2. The predicted octanol–water partition coefficient (Wildman–Crippen LogP) is 2.77. The van der Waals surface area contributed by atoms with E-state index in [0.29, 0.717) is 16.8 Å². The minimum absolute atomic E-state index is 0.0876. The van der Waals surface area contributed by atoms with Crippen LogP contribution in [-0.2, 0) is 4.79 Å². The van der Waals surface area contributed by atoms with Crippen LogP contribution in [0.5, 0.6) is 0 Å². The molecule has 0 aliphatic heterocycles. The summed E-state index contributed by atoms with van der Waals surface area (Å²) >= 11 is 2.16. The lowest BCUT2D eigenvalue weighted by molar-refractivity contribution is -0.120. The molecular weight excluding hydrogens is 325 g/mol. The van der Waals surface area contributed by atoms with Gasteiger partial charge in [0.15, 0.2) is 4.34 Å². The van der Waals surface area contributed by atoms with Crippen molar-refractivity contribution in [3.8, 4) is 0 Å². The molecule has 0 radical (unpaired) electrons. The molecule has 0 saturated heterocycles. The minimum atomic E-state index is -4.30. The molecule has 5 nitrogen and oxygen atoms in total. The van der Waals surface area contributed by atoms with Gasteiger partial charge in [-0.3, -0.25) is 4.79 Å². The first kappa shape index (κ1) is 18.0. The molecule has 0 saturated carbocycles. The summed E-state index contributed by atoms with van der Waals surface area (Å²) in [6.07, 6.45) is -4.30. The highest BCUT2D eigenvalue weighted by molar-refractivity contribution is 8.02. The maximum atomic E-state index is 12.0. The molecule has 1 atom stereocenters. The van der Waals surface area contributed by atoms with Crippen molar-refractivity contribution in [3.63, 3.8) is 0 Å². The van der Waals surface area contributed by atoms with Gasteiger partial charge in [0.1, 0.15) is 6.54 Å². The molecule has 1 rings (SSSR count). The fourth-order valence-electron chi connectivity index (χ4n) is 1.16. The Bertz CT molecular complexity index is 465. The molecule has 1 unspecified atom stereocenters. The molecular formula is C11H17F3N4OS2. The van der Waals surface area contributed by atoms with E-state index < -0.39 is 12.7 Å². The van der Waals surface area contributed by atoms with Gasteiger partial charge in [-0.2, -0.15) is 13.2 Å². The number of hydrogen-bond acceptors (Lipinski definition) is 6. The Hall–Kier alpha value is -1.03. The number of hydrogen-bond donors (Lipinski definition) is 2. The Morgan fingerprint density at radius 1 is 1.33 bits per heavy atom. The summed E-state index contributed by atoms with van der Waals surface area (Å²) in [5.41, 5.74) is 0. The van der Waals surface area contributed by atoms with E-state index in [4.69, 9.17) is 0 Å². The molecule has 1 heterocycles. The van der Waals surface area contributed by atoms with Gasteiger partial charge >= 0.3 is 6.18 Å². The Morgan fingerprint density at radius 3 is 2.57 bits per heavy atom. The topological polar surface area (TPSA) is 66.9 Å². The van der Waals surface area contributed by atoms with E-state index in [1.54, 1.807) is 6.92 Å². The second-order valence-corrected chi connectivity index (χ2v) is 7.31. The van der Waals surface area contributed by atoms with Crippen LogP contribution in [0.15, 0.2) is 4.34 Å². The Kier molecular flexibility index (Phi) is 6.72. The maximum absolute atomic E-state index is 12.0. The summed E-state index contributed by atoms with van der Waals surface area (Å²) in [4.78, 5) is 11.8. The monoisotopic (exact) mass is 342 g/mol. The predicted molar refractivity (Wildman–Crippen MR) is 77.6 cm³/mol. The zero-order valence-electron chi connectivity index (χ0n) is 11.8. The smallest absolute Gasteiger partial charge is 0.355 e. The van der Waals surface area contributed by atoms with E-state index in [-0.39, 0.29) is 16.3 Å².